The zero-order valence-corrected chi connectivity index (χ0v) is 15.2. The number of fused-ring (bicyclic) bond motifs is 1. The topological polar surface area (TPSA) is 82.0 Å². The predicted molar refractivity (Wildman–Crippen MR) is 104 cm³/mol. The van der Waals surface area contributed by atoms with Gasteiger partial charge in [0.1, 0.15) is 0 Å². The zero-order chi connectivity index (χ0) is 19.1. The Morgan fingerprint density at radius 2 is 1.93 bits per heavy atom. The molecule has 5 nitrogen and oxygen atoms in total. The number of hydrogen-bond acceptors (Lipinski definition) is 3. The van der Waals surface area contributed by atoms with E-state index in [-0.39, 0.29) is 30.2 Å². The molecule has 0 aliphatic carbocycles. The molecular formula is C22H23N3O2. The Morgan fingerprint density at radius 3 is 2.70 bits per heavy atom. The summed E-state index contributed by atoms with van der Waals surface area (Å²) < 4.78 is 0. The molecule has 2 aromatic rings. The van der Waals surface area contributed by atoms with Crippen LogP contribution in [-0.2, 0) is 9.59 Å². The minimum Gasteiger partial charge on any atom is -0.349 e. The highest BCUT2D eigenvalue weighted by atomic mass is 16.2. The van der Waals surface area contributed by atoms with Gasteiger partial charge in [0.2, 0.25) is 11.8 Å². The first-order valence-electron chi connectivity index (χ1n) is 9.27. The molecule has 27 heavy (non-hydrogen) atoms. The van der Waals surface area contributed by atoms with Crippen LogP contribution in [-0.4, -0.2) is 11.8 Å². The Balaban J connectivity index is 1.69. The number of rotatable bonds is 7. The van der Waals surface area contributed by atoms with Crippen LogP contribution in [0.15, 0.2) is 54.6 Å². The van der Waals surface area contributed by atoms with Crippen LogP contribution >= 0.6 is 0 Å². The van der Waals surface area contributed by atoms with Crippen molar-refractivity contribution in [1.29, 1.82) is 5.26 Å². The summed E-state index contributed by atoms with van der Waals surface area (Å²) in [6, 6.07) is 19.5. The van der Waals surface area contributed by atoms with Crippen molar-refractivity contribution >= 4 is 17.5 Å². The van der Waals surface area contributed by atoms with Crippen molar-refractivity contribution < 1.29 is 9.59 Å². The van der Waals surface area contributed by atoms with Gasteiger partial charge >= 0.3 is 0 Å². The number of para-hydroxylation sites is 1. The maximum atomic E-state index is 12.7. The minimum absolute atomic E-state index is 0.0554. The fourth-order valence-electron chi connectivity index (χ4n) is 3.55. The molecule has 2 amide bonds. The molecule has 1 aliphatic rings. The maximum Gasteiger partial charge on any atom is 0.225 e. The average Bonchev–Trinajstić information content (AvgIpc) is 2.68. The van der Waals surface area contributed by atoms with Gasteiger partial charge in [0.05, 0.1) is 12.1 Å². The van der Waals surface area contributed by atoms with Crippen LogP contribution in [0.5, 0.6) is 0 Å². The van der Waals surface area contributed by atoms with Gasteiger partial charge in [-0.25, -0.2) is 0 Å². The average molecular weight is 361 g/mol. The van der Waals surface area contributed by atoms with E-state index in [1.165, 1.54) is 0 Å². The van der Waals surface area contributed by atoms with Crippen LogP contribution in [0.1, 0.15) is 55.2 Å². The van der Waals surface area contributed by atoms with Crippen molar-refractivity contribution in [2.75, 3.05) is 5.32 Å². The Labute approximate surface area is 159 Å². The largest absolute Gasteiger partial charge is 0.349 e. The fourth-order valence-corrected chi connectivity index (χ4v) is 3.55. The lowest BCUT2D eigenvalue weighted by Gasteiger charge is -2.26. The summed E-state index contributed by atoms with van der Waals surface area (Å²) in [7, 11) is 0. The Kier molecular flexibility index (Phi) is 6.22. The number of amides is 2. The van der Waals surface area contributed by atoms with E-state index in [4.69, 9.17) is 5.26 Å². The van der Waals surface area contributed by atoms with Crippen molar-refractivity contribution in [3.8, 4) is 6.07 Å². The third kappa shape index (κ3) is 4.95. The Bertz CT molecular complexity index is 842. The quantitative estimate of drug-likeness (QED) is 0.730. The number of carbonyl (C=O) groups excluding carboxylic acids is 2. The number of nitrogens with one attached hydrogen (secondary N) is 2. The molecule has 138 valence electrons. The lowest BCUT2D eigenvalue weighted by atomic mass is 9.87. The van der Waals surface area contributed by atoms with Crippen LogP contribution in [0.3, 0.4) is 0 Å². The van der Waals surface area contributed by atoms with Crippen molar-refractivity contribution in [1.82, 2.24) is 5.32 Å². The Morgan fingerprint density at radius 1 is 1.19 bits per heavy atom. The second kappa shape index (κ2) is 9.00. The molecule has 1 aliphatic heterocycles. The van der Waals surface area contributed by atoms with Crippen molar-refractivity contribution in [3.05, 3.63) is 65.7 Å². The van der Waals surface area contributed by atoms with E-state index >= 15 is 0 Å². The van der Waals surface area contributed by atoms with Gasteiger partial charge < -0.3 is 10.6 Å². The number of nitriles is 1. The second-order valence-electron chi connectivity index (χ2n) is 6.82. The molecule has 0 aromatic heterocycles. The SMILES string of the molecule is N#CCCCC(NC(=O)CC1CC(=O)Nc2ccccc21)c1ccccc1. The van der Waals surface area contributed by atoms with Gasteiger partial charge in [-0.2, -0.15) is 5.26 Å². The van der Waals surface area contributed by atoms with Gasteiger partial charge in [0.15, 0.2) is 0 Å². The molecule has 0 spiro atoms. The van der Waals surface area contributed by atoms with E-state index in [9.17, 15) is 9.59 Å². The van der Waals surface area contributed by atoms with Crippen LogP contribution in [0.25, 0.3) is 0 Å². The summed E-state index contributed by atoms with van der Waals surface area (Å²) in [6.07, 6.45) is 2.49. The van der Waals surface area contributed by atoms with E-state index in [1.54, 1.807) is 0 Å². The molecule has 5 heteroatoms. The summed E-state index contributed by atoms with van der Waals surface area (Å²) in [6.45, 7) is 0. The normalized spacial score (nSPS) is 16.6. The number of hydrogen-bond donors (Lipinski definition) is 2. The molecule has 2 aromatic carbocycles. The smallest absolute Gasteiger partial charge is 0.225 e. The first-order chi connectivity index (χ1) is 13.2. The number of anilines is 1. The molecule has 2 N–H and O–H groups in total. The van der Waals surface area contributed by atoms with Gasteiger partial charge in [-0.3, -0.25) is 9.59 Å². The first kappa shape index (κ1) is 18.7. The number of nitrogens with zero attached hydrogens (tertiary/aromatic N) is 1. The first-order valence-corrected chi connectivity index (χ1v) is 9.27. The van der Waals surface area contributed by atoms with E-state index < -0.39 is 0 Å². The summed E-state index contributed by atoms with van der Waals surface area (Å²) >= 11 is 0. The van der Waals surface area contributed by atoms with Gasteiger partial charge in [-0.1, -0.05) is 48.5 Å². The molecule has 0 radical (unpaired) electrons. The molecule has 0 saturated carbocycles. The van der Waals surface area contributed by atoms with E-state index in [1.807, 2.05) is 54.6 Å². The molecule has 3 rings (SSSR count). The minimum atomic E-state index is -0.125. The molecule has 2 unspecified atom stereocenters. The van der Waals surface area contributed by atoms with Gasteiger partial charge in [-0.15, -0.1) is 0 Å². The highest BCUT2D eigenvalue weighted by Gasteiger charge is 2.27. The highest BCUT2D eigenvalue weighted by Crippen LogP contribution is 2.34. The van der Waals surface area contributed by atoms with Gasteiger partial charge in [0.25, 0.3) is 0 Å². The van der Waals surface area contributed by atoms with Crippen molar-refractivity contribution in [2.45, 2.75) is 44.1 Å². The van der Waals surface area contributed by atoms with E-state index in [0.717, 1.165) is 23.2 Å². The molecule has 2 atom stereocenters. The van der Waals surface area contributed by atoms with E-state index in [2.05, 4.69) is 16.7 Å². The monoisotopic (exact) mass is 361 g/mol. The van der Waals surface area contributed by atoms with Crippen molar-refractivity contribution in [2.24, 2.45) is 0 Å². The van der Waals surface area contributed by atoms with Crippen LogP contribution in [0.2, 0.25) is 0 Å². The number of unbranched alkanes of at least 4 members (excludes halogenated alkanes) is 1. The summed E-state index contributed by atoms with van der Waals surface area (Å²) in [4.78, 5) is 24.7. The van der Waals surface area contributed by atoms with Gasteiger partial charge in [0, 0.05) is 30.9 Å². The molecular weight excluding hydrogens is 338 g/mol. The summed E-state index contributed by atoms with van der Waals surface area (Å²) in [5, 5.41) is 14.8. The van der Waals surface area contributed by atoms with E-state index in [0.29, 0.717) is 19.3 Å². The summed E-state index contributed by atoms with van der Waals surface area (Å²) in [5.41, 5.74) is 2.83. The lowest BCUT2D eigenvalue weighted by Crippen LogP contribution is -2.32. The third-order valence-corrected chi connectivity index (χ3v) is 4.86. The Hall–Kier alpha value is -3.13. The van der Waals surface area contributed by atoms with Crippen molar-refractivity contribution in [3.63, 3.8) is 0 Å². The predicted octanol–water partition coefficient (Wildman–Crippen LogP) is 4.05. The fraction of sp³-hybridized carbons (Fsp3) is 0.318. The van der Waals surface area contributed by atoms with Crippen LogP contribution in [0, 0.1) is 11.3 Å². The number of carbonyl (C=O) groups is 2. The molecule has 0 saturated heterocycles. The van der Waals surface area contributed by atoms with Crippen LogP contribution < -0.4 is 10.6 Å². The maximum absolute atomic E-state index is 12.7. The highest BCUT2D eigenvalue weighted by molar-refractivity contribution is 5.95. The third-order valence-electron chi connectivity index (χ3n) is 4.86. The van der Waals surface area contributed by atoms with Crippen LogP contribution in [0.4, 0.5) is 5.69 Å². The standard InChI is InChI=1S/C22H23N3O2/c23-13-7-6-11-19(16-8-2-1-3-9-16)24-21(26)14-17-15-22(27)25-20-12-5-4-10-18(17)20/h1-5,8-10,12,17,19H,6-7,11,14-15H2,(H,24,26)(H,25,27). The number of benzene rings is 2. The molecule has 0 bridgehead atoms. The molecule has 1 heterocycles. The second-order valence-corrected chi connectivity index (χ2v) is 6.82. The summed E-state index contributed by atoms with van der Waals surface area (Å²) in [5.74, 6) is -0.249. The zero-order valence-electron chi connectivity index (χ0n) is 15.2. The molecule has 0 fully saturated rings. The lowest BCUT2D eigenvalue weighted by molar-refractivity contribution is -0.122. The van der Waals surface area contributed by atoms with Gasteiger partial charge in [-0.05, 0) is 30.0 Å².